The third kappa shape index (κ3) is 2.95. The predicted molar refractivity (Wildman–Crippen MR) is 61.7 cm³/mol. The molecule has 0 aliphatic heterocycles. The molecular formula is C9H11Cl2NOS. The molecule has 1 aromatic carbocycles. The van der Waals surface area contributed by atoms with Gasteiger partial charge in [0.05, 0.1) is 25.7 Å². The van der Waals surface area contributed by atoms with Crippen LogP contribution in [-0.4, -0.2) is 23.6 Å². The average Bonchev–Trinajstić information content (AvgIpc) is 2.14. The molecule has 0 radical (unpaired) electrons. The highest BCUT2D eigenvalue weighted by Gasteiger charge is 2.11. The van der Waals surface area contributed by atoms with Gasteiger partial charge in [0, 0.05) is 12.3 Å². The molecule has 1 atom stereocenters. The van der Waals surface area contributed by atoms with Gasteiger partial charge in [-0.1, -0.05) is 29.3 Å². The van der Waals surface area contributed by atoms with Crippen molar-refractivity contribution in [3.8, 4) is 0 Å². The second-order valence-corrected chi connectivity index (χ2v) is 5.03. The fourth-order valence-corrected chi connectivity index (χ4v) is 3.08. The van der Waals surface area contributed by atoms with Gasteiger partial charge in [0.25, 0.3) is 0 Å². The summed E-state index contributed by atoms with van der Waals surface area (Å²) in [6.45, 7) is 0.675. The Bertz CT molecular complexity index is 323. The average molecular weight is 252 g/mol. The predicted octanol–water partition coefficient (Wildman–Crippen LogP) is 2.32. The maximum Gasteiger partial charge on any atom is 0.0760 e. The Kier molecular flexibility index (Phi) is 4.89. The van der Waals surface area contributed by atoms with Crippen LogP contribution in [-0.2, 0) is 10.8 Å². The van der Waals surface area contributed by atoms with Crippen LogP contribution in [0.1, 0.15) is 0 Å². The lowest BCUT2D eigenvalue weighted by Crippen LogP contribution is -2.15. The maximum absolute atomic E-state index is 11.7. The van der Waals surface area contributed by atoms with Crippen molar-refractivity contribution in [2.45, 2.75) is 4.90 Å². The molecule has 78 valence electrons. The van der Waals surface area contributed by atoms with Gasteiger partial charge in [0.2, 0.25) is 0 Å². The van der Waals surface area contributed by atoms with Crippen molar-refractivity contribution in [3.63, 3.8) is 0 Å². The zero-order valence-electron chi connectivity index (χ0n) is 7.72. The number of rotatable bonds is 4. The van der Waals surface area contributed by atoms with Crippen molar-refractivity contribution in [1.82, 2.24) is 5.32 Å². The van der Waals surface area contributed by atoms with Gasteiger partial charge < -0.3 is 5.32 Å². The summed E-state index contributed by atoms with van der Waals surface area (Å²) in [5.74, 6) is 0.514. The van der Waals surface area contributed by atoms with Crippen molar-refractivity contribution in [1.29, 1.82) is 0 Å². The Morgan fingerprint density at radius 2 is 1.93 bits per heavy atom. The summed E-state index contributed by atoms with van der Waals surface area (Å²) in [6.07, 6.45) is 0. The van der Waals surface area contributed by atoms with E-state index < -0.39 is 10.8 Å². The first-order chi connectivity index (χ1) is 6.66. The molecule has 14 heavy (non-hydrogen) atoms. The number of nitrogens with one attached hydrogen (secondary N) is 1. The Morgan fingerprint density at radius 1 is 1.36 bits per heavy atom. The third-order valence-corrected chi connectivity index (χ3v) is 4.01. The first kappa shape index (κ1) is 12.0. The molecule has 1 aromatic rings. The largest absolute Gasteiger partial charge is 0.319 e. The van der Waals surface area contributed by atoms with Crippen LogP contribution >= 0.6 is 23.2 Å². The van der Waals surface area contributed by atoms with Crippen molar-refractivity contribution < 1.29 is 4.21 Å². The zero-order chi connectivity index (χ0) is 10.6. The second-order valence-electron chi connectivity index (χ2n) is 2.70. The lowest BCUT2D eigenvalue weighted by atomic mass is 10.4. The van der Waals surface area contributed by atoms with E-state index in [1.165, 1.54) is 0 Å². The van der Waals surface area contributed by atoms with Gasteiger partial charge >= 0.3 is 0 Å². The standard InChI is InChI=1S/C9H11Cl2NOS/c1-12-5-6-14(13)9-7(10)3-2-4-8(9)11/h2-4,12H,5-6H2,1H3. The minimum absolute atomic E-state index is 0.465. The SMILES string of the molecule is CNCCS(=O)c1c(Cl)cccc1Cl. The Labute approximate surface area is 96.1 Å². The molecule has 0 bridgehead atoms. The van der Waals surface area contributed by atoms with E-state index in [1.54, 1.807) is 18.2 Å². The maximum atomic E-state index is 11.7. The summed E-state index contributed by atoms with van der Waals surface area (Å²) in [5, 5.41) is 3.86. The molecule has 0 saturated heterocycles. The molecule has 0 aliphatic carbocycles. The van der Waals surface area contributed by atoms with E-state index in [0.717, 1.165) is 0 Å². The highest BCUT2D eigenvalue weighted by atomic mass is 35.5. The summed E-state index contributed by atoms with van der Waals surface area (Å²) in [6, 6.07) is 5.13. The lowest BCUT2D eigenvalue weighted by molar-refractivity contribution is 0.680. The van der Waals surface area contributed by atoms with Crippen LogP contribution in [0.15, 0.2) is 23.1 Å². The zero-order valence-corrected chi connectivity index (χ0v) is 10.0. The summed E-state index contributed by atoms with van der Waals surface area (Å²) in [7, 11) is 0.678. The molecule has 1 unspecified atom stereocenters. The van der Waals surface area contributed by atoms with Crippen LogP contribution in [0.4, 0.5) is 0 Å². The molecule has 0 fully saturated rings. The fourth-order valence-electron chi connectivity index (χ4n) is 0.997. The second kappa shape index (κ2) is 5.71. The molecule has 1 N–H and O–H groups in total. The monoisotopic (exact) mass is 251 g/mol. The van der Waals surface area contributed by atoms with Gasteiger partial charge in [-0.15, -0.1) is 0 Å². The van der Waals surface area contributed by atoms with Crippen LogP contribution in [0, 0.1) is 0 Å². The van der Waals surface area contributed by atoms with Crippen molar-refractivity contribution in [2.75, 3.05) is 19.3 Å². The van der Waals surface area contributed by atoms with Crippen LogP contribution < -0.4 is 5.32 Å². The Balaban J connectivity index is 2.89. The Hall–Kier alpha value is -0.0900. The summed E-state index contributed by atoms with van der Waals surface area (Å²) < 4.78 is 11.7. The minimum atomic E-state index is -1.13. The van der Waals surface area contributed by atoms with E-state index in [1.807, 2.05) is 7.05 Å². The van der Waals surface area contributed by atoms with Gasteiger partial charge in [0.15, 0.2) is 0 Å². The van der Waals surface area contributed by atoms with Crippen LogP contribution in [0.3, 0.4) is 0 Å². The van der Waals surface area contributed by atoms with E-state index >= 15 is 0 Å². The first-order valence-electron chi connectivity index (χ1n) is 4.14. The van der Waals surface area contributed by atoms with Crippen LogP contribution in [0.2, 0.25) is 10.0 Å². The molecular weight excluding hydrogens is 241 g/mol. The van der Waals surface area contributed by atoms with Crippen molar-refractivity contribution in [3.05, 3.63) is 28.2 Å². The number of halogens is 2. The quantitative estimate of drug-likeness (QED) is 0.891. The molecule has 0 saturated carbocycles. The van der Waals surface area contributed by atoms with Crippen LogP contribution in [0.5, 0.6) is 0 Å². The molecule has 0 amide bonds. The van der Waals surface area contributed by atoms with Crippen molar-refractivity contribution in [2.24, 2.45) is 0 Å². The van der Waals surface area contributed by atoms with Gasteiger partial charge in [-0.25, -0.2) is 0 Å². The molecule has 1 rings (SSSR count). The topological polar surface area (TPSA) is 29.1 Å². The van der Waals surface area contributed by atoms with Crippen molar-refractivity contribution >= 4 is 34.0 Å². The Morgan fingerprint density at radius 3 is 2.43 bits per heavy atom. The number of hydrogen-bond donors (Lipinski definition) is 1. The summed E-state index contributed by atoms with van der Waals surface area (Å²) in [4.78, 5) is 0.533. The normalized spacial score (nSPS) is 12.8. The van der Waals surface area contributed by atoms with Gasteiger partial charge in [0.1, 0.15) is 0 Å². The van der Waals surface area contributed by atoms with E-state index in [0.29, 0.717) is 27.2 Å². The number of hydrogen-bond acceptors (Lipinski definition) is 2. The van der Waals surface area contributed by atoms with E-state index in [4.69, 9.17) is 23.2 Å². The van der Waals surface area contributed by atoms with Gasteiger partial charge in [-0.2, -0.15) is 0 Å². The fraction of sp³-hybridized carbons (Fsp3) is 0.333. The van der Waals surface area contributed by atoms with Gasteiger partial charge in [-0.05, 0) is 19.2 Å². The molecule has 0 aromatic heterocycles. The molecule has 2 nitrogen and oxygen atoms in total. The summed E-state index contributed by atoms with van der Waals surface area (Å²) >= 11 is 11.8. The lowest BCUT2D eigenvalue weighted by Gasteiger charge is -2.06. The van der Waals surface area contributed by atoms with E-state index in [-0.39, 0.29) is 0 Å². The van der Waals surface area contributed by atoms with Crippen LogP contribution in [0.25, 0.3) is 0 Å². The van der Waals surface area contributed by atoms with E-state index in [9.17, 15) is 4.21 Å². The third-order valence-electron chi connectivity index (χ3n) is 1.68. The minimum Gasteiger partial charge on any atom is -0.319 e. The molecule has 0 heterocycles. The molecule has 0 spiro atoms. The van der Waals surface area contributed by atoms with E-state index in [2.05, 4.69) is 5.32 Å². The molecule has 0 aliphatic rings. The highest BCUT2D eigenvalue weighted by Crippen LogP contribution is 2.27. The molecule has 5 heteroatoms. The summed E-state index contributed by atoms with van der Waals surface area (Å²) in [5.41, 5.74) is 0. The highest BCUT2D eigenvalue weighted by molar-refractivity contribution is 7.85. The smallest absolute Gasteiger partial charge is 0.0760 e. The first-order valence-corrected chi connectivity index (χ1v) is 6.21. The number of benzene rings is 1. The van der Waals surface area contributed by atoms with Gasteiger partial charge in [-0.3, -0.25) is 4.21 Å².